The summed E-state index contributed by atoms with van der Waals surface area (Å²) in [5.74, 6) is -1.58. The van der Waals surface area contributed by atoms with Gasteiger partial charge in [0.25, 0.3) is 0 Å². The Balaban J connectivity index is 1.78. The van der Waals surface area contributed by atoms with E-state index >= 15 is 0 Å². The molecule has 0 fully saturated rings. The maximum Gasteiger partial charge on any atom is 0.451 e. The Kier molecular flexibility index (Phi) is 6.37. The van der Waals surface area contributed by atoms with Crippen LogP contribution in [0.4, 0.5) is 18.9 Å². The van der Waals surface area contributed by atoms with Gasteiger partial charge in [-0.3, -0.25) is 4.79 Å². The summed E-state index contributed by atoms with van der Waals surface area (Å²) in [6.45, 7) is 3.80. The van der Waals surface area contributed by atoms with Gasteiger partial charge in [-0.25, -0.2) is 9.97 Å². The van der Waals surface area contributed by atoms with Gasteiger partial charge in [0.1, 0.15) is 10.3 Å². The number of carbonyl (C=O) groups excluding carboxylic acids is 1. The molecule has 33 heavy (non-hydrogen) atoms. The molecular formula is C25H20F3N3OS. The fourth-order valence-electron chi connectivity index (χ4n) is 3.35. The number of carbonyl (C=O) groups is 1. The lowest BCUT2D eigenvalue weighted by Gasteiger charge is -2.19. The van der Waals surface area contributed by atoms with E-state index in [1.807, 2.05) is 38.1 Å². The topological polar surface area (TPSA) is 54.9 Å². The van der Waals surface area contributed by atoms with E-state index in [0.717, 1.165) is 22.9 Å². The molecule has 0 bridgehead atoms. The quantitative estimate of drug-likeness (QED) is 0.261. The summed E-state index contributed by atoms with van der Waals surface area (Å²) in [5, 5.41) is 2.66. The van der Waals surface area contributed by atoms with Crippen LogP contribution in [0.3, 0.4) is 0 Å². The Morgan fingerprint density at radius 3 is 2.36 bits per heavy atom. The SMILES string of the molecule is Cc1ccc(C)c(NC(=O)[C@@H](Sc2nc(C(F)(F)F)nc3ccccc23)c2ccccc2)c1. The van der Waals surface area contributed by atoms with Crippen LogP contribution >= 0.6 is 11.8 Å². The predicted molar refractivity (Wildman–Crippen MR) is 124 cm³/mol. The van der Waals surface area contributed by atoms with Gasteiger partial charge in [0, 0.05) is 11.1 Å². The monoisotopic (exact) mass is 467 g/mol. The number of aromatic nitrogens is 2. The average molecular weight is 468 g/mol. The second-order valence-electron chi connectivity index (χ2n) is 7.58. The van der Waals surface area contributed by atoms with Crippen molar-refractivity contribution in [1.29, 1.82) is 0 Å². The highest BCUT2D eigenvalue weighted by atomic mass is 32.2. The van der Waals surface area contributed by atoms with Crippen molar-refractivity contribution in [3.05, 3.63) is 95.3 Å². The Morgan fingerprint density at radius 2 is 1.64 bits per heavy atom. The van der Waals surface area contributed by atoms with Gasteiger partial charge in [-0.2, -0.15) is 13.2 Å². The Labute approximate surface area is 193 Å². The molecule has 0 saturated heterocycles. The molecule has 0 aliphatic rings. The molecule has 0 saturated carbocycles. The molecule has 1 N–H and O–H groups in total. The number of alkyl halides is 3. The minimum atomic E-state index is -4.71. The first-order valence-electron chi connectivity index (χ1n) is 10.2. The number of rotatable bonds is 5. The van der Waals surface area contributed by atoms with Gasteiger partial charge < -0.3 is 5.32 Å². The highest BCUT2D eigenvalue weighted by molar-refractivity contribution is 8.00. The number of hydrogen-bond acceptors (Lipinski definition) is 4. The summed E-state index contributed by atoms with van der Waals surface area (Å²) in [4.78, 5) is 20.9. The van der Waals surface area contributed by atoms with Crippen molar-refractivity contribution in [3.8, 4) is 0 Å². The zero-order valence-electron chi connectivity index (χ0n) is 17.9. The van der Waals surface area contributed by atoms with Crippen LogP contribution in [0.25, 0.3) is 10.9 Å². The molecule has 168 valence electrons. The minimum absolute atomic E-state index is 0.0953. The van der Waals surface area contributed by atoms with E-state index < -0.39 is 17.3 Å². The van der Waals surface area contributed by atoms with Crippen LogP contribution in [0.5, 0.6) is 0 Å². The van der Waals surface area contributed by atoms with E-state index in [1.165, 1.54) is 6.07 Å². The van der Waals surface area contributed by atoms with Gasteiger partial charge in [-0.05, 0) is 42.7 Å². The zero-order valence-corrected chi connectivity index (χ0v) is 18.7. The zero-order chi connectivity index (χ0) is 23.6. The van der Waals surface area contributed by atoms with Crippen molar-refractivity contribution in [3.63, 3.8) is 0 Å². The second-order valence-corrected chi connectivity index (χ2v) is 8.68. The number of thioether (sulfide) groups is 1. The first-order valence-corrected chi connectivity index (χ1v) is 11.0. The maximum atomic E-state index is 13.5. The van der Waals surface area contributed by atoms with Crippen molar-refractivity contribution in [2.75, 3.05) is 5.32 Å². The molecule has 3 aromatic carbocycles. The fourth-order valence-corrected chi connectivity index (χ4v) is 4.47. The molecule has 1 aromatic heterocycles. The molecule has 4 rings (SSSR count). The standard InChI is InChI=1S/C25H20F3N3OS/c1-15-12-13-16(2)20(14-15)29-22(32)21(17-8-4-3-5-9-17)33-23-18-10-6-7-11-19(18)30-24(31-23)25(26,27)28/h3-14,21H,1-2H3,(H,29,32)/t21-/m0/s1. The van der Waals surface area contributed by atoms with Crippen LogP contribution in [-0.2, 0) is 11.0 Å². The van der Waals surface area contributed by atoms with E-state index in [0.29, 0.717) is 16.6 Å². The van der Waals surface area contributed by atoms with Crippen LogP contribution in [0.15, 0.2) is 77.8 Å². The van der Waals surface area contributed by atoms with Gasteiger partial charge in [-0.1, -0.05) is 72.4 Å². The summed E-state index contributed by atoms with van der Waals surface area (Å²) in [6, 6.07) is 21.1. The number of anilines is 1. The lowest BCUT2D eigenvalue weighted by molar-refractivity contribution is -0.145. The number of aryl methyl sites for hydroxylation is 2. The van der Waals surface area contributed by atoms with Crippen LogP contribution in [0.1, 0.15) is 27.8 Å². The number of para-hydroxylation sites is 1. The van der Waals surface area contributed by atoms with Crippen molar-refractivity contribution in [2.45, 2.75) is 30.3 Å². The van der Waals surface area contributed by atoms with Crippen LogP contribution < -0.4 is 5.32 Å². The van der Waals surface area contributed by atoms with Crippen molar-refractivity contribution >= 4 is 34.3 Å². The normalized spacial score (nSPS) is 12.5. The highest BCUT2D eigenvalue weighted by Crippen LogP contribution is 2.40. The second kappa shape index (κ2) is 9.23. The fraction of sp³-hybridized carbons (Fsp3) is 0.160. The third kappa shape index (κ3) is 5.17. The number of nitrogens with one attached hydrogen (secondary N) is 1. The Bertz CT molecular complexity index is 1310. The van der Waals surface area contributed by atoms with E-state index in [-0.39, 0.29) is 16.4 Å². The molecule has 1 heterocycles. The van der Waals surface area contributed by atoms with Crippen molar-refractivity contribution < 1.29 is 18.0 Å². The molecule has 1 amide bonds. The van der Waals surface area contributed by atoms with Gasteiger partial charge in [0.2, 0.25) is 11.7 Å². The summed E-state index contributed by atoms with van der Waals surface area (Å²) in [7, 11) is 0. The molecule has 1 atom stereocenters. The van der Waals surface area contributed by atoms with Crippen LogP contribution in [0, 0.1) is 13.8 Å². The average Bonchev–Trinajstić information content (AvgIpc) is 2.79. The van der Waals surface area contributed by atoms with Crippen LogP contribution in [0.2, 0.25) is 0 Å². The maximum absolute atomic E-state index is 13.5. The van der Waals surface area contributed by atoms with E-state index in [4.69, 9.17) is 0 Å². The first kappa shape index (κ1) is 22.8. The summed E-state index contributed by atoms with van der Waals surface area (Å²) in [6.07, 6.45) is -4.71. The highest BCUT2D eigenvalue weighted by Gasteiger charge is 2.36. The molecule has 0 radical (unpaired) electrons. The van der Waals surface area contributed by atoms with E-state index in [9.17, 15) is 18.0 Å². The minimum Gasteiger partial charge on any atom is -0.325 e. The third-order valence-electron chi connectivity index (χ3n) is 5.04. The van der Waals surface area contributed by atoms with Crippen LogP contribution in [-0.4, -0.2) is 15.9 Å². The van der Waals surface area contributed by atoms with Gasteiger partial charge >= 0.3 is 6.18 Å². The van der Waals surface area contributed by atoms with Gasteiger partial charge in [-0.15, -0.1) is 0 Å². The lowest BCUT2D eigenvalue weighted by atomic mass is 10.1. The number of fused-ring (bicyclic) bond motifs is 1. The van der Waals surface area contributed by atoms with Gasteiger partial charge in [0.05, 0.1) is 5.52 Å². The molecule has 0 unspecified atom stereocenters. The summed E-state index contributed by atoms with van der Waals surface area (Å²) < 4.78 is 40.4. The molecule has 8 heteroatoms. The Hall–Kier alpha value is -3.39. The van der Waals surface area contributed by atoms with E-state index in [1.54, 1.807) is 42.5 Å². The number of nitrogens with zero attached hydrogens (tertiary/aromatic N) is 2. The Morgan fingerprint density at radius 1 is 0.939 bits per heavy atom. The molecular weight excluding hydrogens is 447 g/mol. The molecule has 0 aliphatic carbocycles. The van der Waals surface area contributed by atoms with Crippen molar-refractivity contribution in [1.82, 2.24) is 9.97 Å². The smallest absolute Gasteiger partial charge is 0.325 e. The van der Waals surface area contributed by atoms with Crippen molar-refractivity contribution in [2.24, 2.45) is 0 Å². The van der Waals surface area contributed by atoms with E-state index in [2.05, 4.69) is 15.3 Å². The molecule has 4 aromatic rings. The first-order chi connectivity index (χ1) is 15.7. The largest absolute Gasteiger partial charge is 0.451 e. The number of amides is 1. The molecule has 4 nitrogen and oxygen atoms in total. The summed E-state index contributed by atoms with van der Waals surface area (Å²) in [5.41, 5.74) is 3.35. The number of benzene rings is 3. The van der Waals surface area contributed by atoms with Gasteiger partial charge in [0.15, 0.2) is 0 Å². The predicted octanol–water partition coefficient (Wildman–Crippen LogP) is 6.74. The number of hydrogen-bond donors (Lipinski definition) is 1. The third-order valence-corrected chi connectivity index (χ3v) is 6.30. The lowest BCUT2D eigenvalue weighted by Crippen LogP contribution is -2.20. The molecule has 0 aliphatic heterocycles. The number of halogens is 3. The molecule has 0 spiro atoms. The summed E-state index contributed by atoms with van der Waals surface area (Å²) >= 11 is 0.976.